The van der Waals surface area contributed by atoms with Crippen LogP contribution in [0.15, 0.2) is 4.52 Å². The SMILES string of the molecule is CC#CCCNC1(c2noc(C)n2)CCC1. The molecule has 1 fully saturated rings. The first-order valence-electron chi connectivity index (χ1n) is 5.72. The molecule has 0 unspecified atom stereocenters. The fourth-order valence-corrected chi connectivity index (χ4v) is 1.99. The highest BCUT2D eigenvalue weighted by Gasteiger charge is 2.42. The van der Waals surface area contributed by atoms with Gasteiger partial charge in [-0.25, -0.2) is 0 Å². The van der Waals surface area contributed by atoms with Gasteiger partial charge < -0.3 is 9.84 Å². The minimum absolute atomic E-state index is 0.0484. The first-order valence-corrected chi connectivity index (χ1v) is 5.72. The summed E-state index contributed by atoms with van der Waals surface area (Å²) in [6.07, 6.45) is 4.27. The molecule has 0 radical (unpaired) electrons. The summed E-state index contributed by atoms with van der Waals surface area (Å²) in [6.45, 7) is 4.57. The van der Waals surface area contributed by atoms with Crippen molar-refractivity contribution in [1.29, 1.82) is 0 Å². The number of aromatic nitrogens is 2. The molecule has 0 atom stereocenters. The maximum atomic E-state index is 5.04. The van der Waals surface area contributed by atoms with E-state index >= 15 is 0 Å². The molecule has 0 saturated heterocycles. The van der Waals surface area contributed by atoms with Crippen molar-refractivity contribution in [1.82, 2.24) is 15.5 Å². The quantitative estimate of drug-likeness (QED) is 0.619. The van der Waals surface area contributed by atoms with E-state index in [2.05, 4.69) is 27.3 Å². The average Bonchev–Trinajstić information content (AvgIpc) is 2.63. The highest BCUT2D eigenvalue weighted by Crippen LogP contribution is 2.39. The third-order valence-corrected chi connectivity index (χ3v) is 3.05. The molecule has 0 aliphatic heterocycles. The normalized spacial score (nSPS) is 17.4. The van der Waals surface area contributed by atoms with Crippen LogP contribution in [0.25, 0.3) is 0 Å². The Morgan fingerprint density at radius 1 is 1.50 bits per heavy atom. The van der Waals surface area contributed by atoms with Gasteiger partial charge in [-0.3, -0.25) is 0 Å². The van der Waals surface area contributed by atoms with Gasteiger partial charge in [-0.2, -0.15) is 4.98 Å². The molecule has 0 aromatic carbocycles. The number of nitrogens with zero attached hydrogens (tertiary/aromatic N) is 2. The Morgan fingerprint density at radius 3 is 2.81 bits per heavy atom. The maximum absolute atomic E-state index is 5.04. The average molecular weight is 219 g/mol. The molecule has 0 bridgehead atoms. The predicted octanol–water partition coefficient (Wildman–Crippen LogP) is 1.76. The Bertz CT molecular complexity index is 409. The number of hydrogen-bond donors (Lipinski definition) is 1. The molecule has 2 rings (SSSR count). The van der Waals surface area contributed by atoms with Crippen LogP contribution < -0.4 is 5.32 Å². The molecule has 4 heteroatoms. The second kappa shape index (κ2) is 4.67. The van der Waals surface area contributed by atoms with E-state index in [1.54, 1.807) is 0 Å². The van der Waals surface area contributed by atoms with E-state index in [1.807, 2.05) is 13.8 Å². The van der Waals surface area contributed by atoms with Gasteiger partial charge in [0.2, 0.25) is 5.89 Å². The lowest BCUT2D eigenvalue weighted by molar-refractivity contribution is 0.169. The third-order valence-electron chi connectivity index (χ3n) is 3.05. The van der Waals surface area contributed by atoms with Crippen molar-refractivity contribution in [3.63, 3.8) is 0 Å². The van der Waals surface area contributed by atoms with E-state index in [0.717, 1.165) is 31.6 Å². The van der Waals surface area contributed by atoms with Crippen LogP contribution >= 0.6 is 0 Å². The van der Waals surface area contributed by atoms with Crippen molar-refractivity contribution in [3.05, 3.63) is 11.7 Å². The summed E-state index contributed by atoms with van der Waals surface area (Å²) >= 11 is 0. The second-order valence-corrected chi connectivity index (χ2v) is 4.18. The molecule has 4 nitrogen and oxygen atoms in total. The number of hydrogen-bond acceptors (Lipinski definition) is 4. The van der Waals surface area contributed by atoms with Crippen molar-refractivity contribution in [2.45, 2.75) is 45.1 Å². The number of rotatable bonds is 4. The summed E-state index contributed by atoms with van der Waals surface area (Å²) < 4.78 is 5.04. The Morgan fingerprint density at radius 2 is 2.31 bits per heavy atom. The molecular weight excluding hydrogens is 202 g/mol. The lowest BCUT2D eigenvalue weighted by atomic mass is 9.76. The fourth-order valence-electron chi connectivity index (χ4n) is 1.99. The summed E-state index contributed by atoms with van der Waals surface area (Å²) in [5.41, 5.74) is -0.0484. The highest BCUT2D eigenvalue weighted by molar-refractivity contribution is 5.10. The molecule has 0 spiro atoms. The zero-order valence-electron chi connectivity index (χ0n) is 9.84. The summed E-state index contributed by atoms with van der Waals surface area (Å²) in [4.78, 5) is 4.33. The van der Waals surface area contributed by atoms with Crippen molar-refractivity contribution < 1.29 is 4.52 Å². The molecular formula is C12H17N3O. The van der Waals surface area contributed by atoms with E-state index in [9.17, 15) is 0 Å². The summed E-state index contributed by atoms with van der Waals surface area (Å²) in [6, 6.07) is 0. The third kappa shape index (κ3) is 2.10. The molecule has 1 aliphatic carbocycles. The van der Waals surface area contributed by atoms with E-state index in [4.69, 9.17) is 4.52 Å². The molecule has 1 aromatic heterocycles. The van der Waals surface area contributed by atoms with Gasteiger partial charge >= 0.3 is 0 Å². The minimum atomic E-state index is -0.0484. The Kier molecular flexibility index (Phi) is 3.25. The monoisotopic (exact) mass is 219 g/mol. The van der Waals surface area contributed by atoms with Crippen LogP contribution in [0.3, 0.4) is 0 Å². The second-order valence-electron chi connectivity index (χ2n) is 4.18. The van der Waals surface area contributed by atoms with E-state index < -0.39 is 0 Å². The lowest BCUT2D eigenvalue weighted by Crippen LogP contribution is -2.49. The van der Waals surface area contributed by atoms with Gasteiger partial charge in [0, 0.05) is 19.9 Å². The van der Waals surface area contributed by atoms with Gasteiger partial charge in [-0.1, -0.05) is 5.16 Å². The van der Waals surface area contributed by atoms with Gasteiger partial charge in [0.1, 0.15) is 0 Å². The standard InChI is InChI=1S/C12H17N3O/c1-3-4-5-9-13-12(7-6-8-12)11-14-10(2)16-15-11/h13H,5-9H2,1-2H3. The lowest BCUT2D eigenvalue weighted by Gasteiger charge is -2.39. The van der Waals surface area contributed by atoms with Crippen molar-refractivity contribution in [2.75, 3.05) is 6.54 Å². The number of nitrogens with one attached hydrogen (secondary N) is 1. The van der Waals surface area contributed by atoms with Gasteiger partial charge in [0.25, 0.3) is 0 Å². The van der Waals surface area contributed by atoms with E-state index in [1.165, 1.54) is 6.42 Å². The molecule has 16 heavy (non-hydrogen) atoms. The maximum Gasteiger partial charge on any atom is 0.223 e. The molecule has 1 N–H and O–H groups in total. The zero-order chi connectivity index (χ0) is 11.4. The molecule has 1 heterocycles. The Balaban J connectivity index is 1.98. The number of aryl methyl sites for hydroxylation is 1. The zero-order valence-corrected chi connectivity index (χ0v) is 9.84. The fraction of sp³-hybridized carbons (Fsp3) is 0.667. The minimum Gasteiger partial charge on any atom is -0.340 e. The summed E-state index contributed by atoms with van der Waals surface area (Å²) in [7, 11) is 0. The van der Waals surface area contributed by atoms with E-state index in [0.29, 0.717) is 5.89 Å². The van der Waals surface area contributed by atoms with Crippen LogP contribution in [0.1, 0.15) is 44.3 Å². The van der Waals surface area contributed by atoms with Crippen LogP contribution in [0.2, 0.25) is 0 Å². The van der Waals surface area contributed by atoms with Crippen LogP contribution in [-0.4, -0.2) is 16.7 Å². The van der Waals surface area contributed by atoms with Crippen molar-refractivity contribution in [2.24, 2.45) is 0 Å². The van der Waals surface area contributed by atoms with Crippen molar-refractivity contribution in [3.8, 4) is 11.8 Å². The van der Waals surface area contributed by atoms with Gasteiger partial charge in [0.15, 0.2) is 5.82 Å². The summed E-state index contributed by atoms with van der Waals surface area (Å²) in [5, 5.41) is 7.53. The van der Waals surface area contributed by atoms with Crippen LogP contribution in [0, 0.1) is 18.8 Å². The molecule has 1 saturated carbocycles. The smallest absolute Gasteiger partial charge is 0.223 e. The first kappa shape index (κ1) is 11.2. The Hall–Kier alpha value is -1.34. The highest BCUT2D eigenvalue weighted by atomic mass is 16.5. The molecule has 1 aromatic rings. The van der Waals surface area contributed by atoms with E-state index in [-0.39, 0.29) is 5.54 Å². The molecule has 1 aliphatic rings. The van der Waals surface area contributed by atoms with Crippen molar-refractivity contribution >= 4 is 0 Å². The topological polar surface area (TPSA) is 51.0 Å². The van der Waals surface area contributed by atoms with Gasteiger partial charge in [0.05, 0.1) is 5.54 Å². The molecule has 0 amide bonds. The van der Waals surface area contributed by atoms with Gasteiger partial charge in [-0.15, -0.1) is 11.8 Å². The Labute approximate surface area is 95.8 Å². The van der Waals surface area contributed by atoms with Gasteiger partial charge in [-0.05, 0) is 26.2 Å². The van der Waals surface area contributed by atoms with Crippen LogP contribution in [0.5, 0.6) is 0 Å². The summed E-state index contributed by atoms with van der Waals surface area (Å²) in [5.74, 6) is 7.38. The molecule has 86 valence electrons. The van der Waals surface area contributed by atoms with Crippen LogP contribution in [0.4, 0.5) is 0 Å². The first-order chi connectivity index (χ1) is 7.77. The largest absolute Gasteiger partial charge is 0.340 e. The van der Waals surface area contributed by atoms with Crippen LogP contribution in [-0.2, 0) is 5.54 Å². The predicted molar refractivity (Wildman–Crippen MR) is 60.6 cm³/mol.